The molecule has 1 rings (SSSR count). The van der Waals surface area contributed by atoms with Crippen molar-refractivity contribution < 1.29 is 14.5 Å². The molecule has 0 aliphatic heterocycles. The monoisotopic (exact) mass is 271 g/mol. The van der Waals surface area contributed by atoms with Gasteiger partial charge in [0.1, 0.15) is 0 Å². The van der Waals surface area contributed by atoms with E-state index >= 15 is 0 Å². The third kappa shape index (κ3) is 3.43. The van der Waals surface area contributed by atoms with Crippen molar-refractivity contribution in [2.24, 2.45) is 0 Å². The number of hydrogen-bond donors (Lipinski definition) is 0. The molecule has 0 aliphatic carbocycles. The van der Waals surface area contributed by atoms with Crippen molar-refractivity contribution in [1.82, 2.24) is 0 Å². The van der Waals surface area contributed by atoms with Gasteiger partial charge in [-0.2, -0.15) is 0 Å². The van der Waals surface area contributed by atoms with Gasteiger partial charge in [0, 0.05) is 17.5 Å². The Hall–Kier alpha value is -1.62. The molecule has 5 nitrogen and oxygen atoms in total. The van der Waals surface area contributed by atoms with E-state index in [1.54, 1.807) is 19.9 Å². The zero-order valence-corrected chi connectivity index (χ0v) is 11.0. The van der Waals surface area contributed by atoms with Gasteiger partial charge < -0.3 is 4.74 Å². The first-order chi connectivity index (χ1) is 8.49. The Labute approximate surface area is 110 Å². The van der Waals surface area contributed by atoms with E-state index in [1.165, 1.54) is 6.07 Å². The minimum Gasteiger partial charge on any atom is -0.466 e. The van der Waals surface area contributed by atoms with Gasteiger partial charge in [-0.25, -0.2) is 0 Å². The number of nitro groups is 1. The second-order valence-electron chi connectivity index (χ2n) is 3.78. The van der Waals surface area contributed by atoms with Crippen molar-refractivity contribution in [3.63, 3.8) is 0 Å². The standard InChI is InChI=1S/C12H14ClNO4/c1-3-18-12(15)6-9-4-8(2)11(14(16)17)5-10(9)7-13/h4-5H,3,6-7H2,1-2H3. The lowest BCUT2D eigenvalue weighted by Crippen LogP contribution is -2.09. The van der Waals surface area contributed by atoms with Crippen LogP contribution in [0.3, 0.4) is 0 Å². The Morgan fingerprint density at radius 1 is 1.44 bits per heavy atom. The zero-order chi connectivity index (χ0) is 13.7. The number of carbonyl (C=O) groups is 1. The molecule has 1 aromatic carbocycles. The van der Waals surface area contributed by atoms with Crippen molar-refractivity contribution in [3.05, 3.63) is 38.9 Å². The van der Waals surface area contributed by atoms with Gasteiger partial charge in [0.25, 0.3) is 5.69 Å². The number of rotatable bonds is 5. The van der Waals surface area contributed by atoms with Gasteiger partial charge in [-0.15, -0.1) is 11.6 Å². The maximum atomic E-state index is 11.4. The number of nitrogens with zero attached hydrogens (tertiary/aromatic N) is 1. The minimum atomic E-state index is -0.459. The minimum absolute atomic E-state index is 0.0123. The molecule has 0 amide bonds. The fraction of sp³-hybridized carbons (Fsp3) is 0.417. The maximum Gasteiger partial charge on any atom is 0.310 e. The number of hydrogen-bond acceptors (Lipinski definition) is 4. The van der Waals surface area contributed by atoms with E-state index in [0.717, 1.165) is 0 Å². The summed E-state index contributed by atoms with van der Waals surface area (Å²) in [6.45, 7) is 3.66. The van der Waals surface area contributed by atoms with Gasteiger partial charge in [-0.1, -0.05) is 0 Å². The fourth-order valence-electron chi connectivity index (χ4n) is 1.65. The molecule has 1 aromatic rings. The largest absolute Gasteiger partial charge is 0.466 e. The highest BCUT2D eigenvalue weighted by Gasteiger charge is 2.16. The van der Waals surface area contributed by atoms with E-state index in [1.807, 2.05) is 0 Å². The van der Waals surface area contributed by atoms with Crippen LogP contribution in [-0.2, 0) is 21.8 Å². The molecule has 6 heteroatoms. The molecule has 98 valence electrons. The predicted molar refractivity (Wildman–Crippen MR) is 67.7 cm³/mol. The van der Waals surface area contributed by atoms with Crippen molar-refractivity contribution in [3.8, 4) is 0 Å². The maximum absolute atomic E-state index is 11.4. The van der Waals surface area contributed by atoms with E-state index in [2.05, 4.69) is 0 Å². The molecule has 0 saturated heterocycles. The Morgan fingerprint density at radius 3 is 2.61 bits per heavy atom. The summed E-state index contributed by atoms with van der Waals surface area (Å²) in [5.41, 5.74) is 1.78. The van der Waals surface area contributed by atoms with Crippen LogP contribution >= 0.6 is 11.6 Å². The van der Waals surface area contributed by atoms with Crippen molar-refractivity contribution in [2.75, 3.05) is 6.61 Å². The topological polar surface area (TPSA) is 69.4 Å². The highest BCUT2D eigenvalue weighted by molar-refractivity contribution is 6.17. The lowest BCUT2D eigenvalue weighted by Gasteiger charge is -2.08. The Morgan fingerprint density at radius 2 is 2.11 bits per heavy atom. The number of ether oxygens (including phenoxy) is 1. The predicted octanol–water partition coefficient (Wildman–Crippen LogP) is 2.75. The fourth-order valence-corrected chi connectivity index (χ4v) is 1.90. The molecule has 0 radical (unpaired) electrons. The van der Waals surface area contributed by atoms with Crippen LogP contribution in [-0.4, -0.2) is 17.5 Å². The first-order valence-corrected chi connectivity index (χ1v) is 6.01. The van der Waals surface area contributed by atoms with Crippen LogP contribution in [0.1, 0.15) is 23.6 Å². The average molecular weight is 272 g/mol. The van der Waals surface area contributed by atoms with Gasteiger partial charge in [-0.05, 0) is 31.0 Å². The number of nitro benzene ring substituents is 1. The smallest absolute Gasteiger partial charge is 0.310 e. The molecular formula is C12H14ClNO4. The van der Waals surface area contributed by atoms with Gasteiger partial charge in [-0.3, -0.25) is 14.9 Å². The third-order valence-electron chi connectivity index (χ3n) is 2.50. The number of aryl methyl sites for hydroxylation is 1. The summed E-state index contributed by atoms with van der Waals surface area (Å²) in [7, 11) is 0. The summed E-state index contributed by atoms with van der Waals surface area (Å²) in [5.74, 6) is -0.243. The highest BCUT2D eigenvalue weighted by atomic mass is 35.5. The van der Waals surface area contributed by atoms with Gasteiger partial charge in [0.05, 0.1) is 18.0 Å². The molecule has 18 heavy (non-hydrogen) atoms. The SMILES string of the molecule is CCOC(=O)Cc1cc(C)c([N+](=O)[O-])cc1CCl. The van der Waals surface area contributed by atoms with Crippen LogP contribution in [0.4, 0.5) is 5.69 Å². The molecule has 0 heterocycles. The van der Waals surface area contributed by atoms with Crippen molar-refractivity contribution in [1.29, 1.82) is 0 Å². The van der Waals surface area contributed by atoms with Crippen molar-refractivity contribution >= 4 is 23.3 Å². The Balaban J connectivity index is 3.09. The number of alkyl halides is 1. The van der Waals surface area contributed by atoms with E-state index in [0.29, 0.717) is 23.3 Å². The molecule has 0 aliphatic rings. The molecular weight excluding hydrogens is 258 g/mol. The quantitative estimate of drug-likeness (QED) is 0.357. The van der Waals surface area contributed by atoms with Crippen LogP contribution in [0.15, 0.2) is 12.1 Å². The lowest BCUT2D eigenvalue weighted by atomic mass is 10.0. The van der Waals surface area contributed by atoms with Crippen LogP contribution in [0, 0.1) is 17.0 Å². The lowest BCUT2D eigenvalue weighted by molar-refractivity contribution is -0.385. The van der Waals surface area contributed by atoms with E-state index in [9.17, 15) is 14.9 Å². The zero-order valence-electron chi connectivity index (χ0n) is 10.2. The average Bonchev–Trinajstić information content (AvgIpc) is 2.29. The number of esters is 1. The summed E-state index contributed by atoms with van der Waals surface area (Å²) in [4.78, 5) is 21.7. The summed E-state index contributed by atoms with van der Waals surface area (Å²) < 4.78 is 4.85. The highest BCUT2D eigenvalue weighted by Crippen LogP contribution is 2.24. The molecule has 0 spiro atoms. The van der Waals surface area contributed by atoms with Crippen LogP contribution in [0.5, 0.6) is 0 Å². The first-order valence-electron chi connectivity index (χ1n) is 5.48. The summed E-state index contributed by atoms with van der Waals surface area (Å²) in [6, 6.07) is 3.03. The molecule has 0 bridgehead atoms. The van der Waals surface area contributed by atoms with Crippen LogP contribution in [0.2, 0.25) is 0 Å². The van der Waals surface area contributed by atoms with E-state index in [4.69, 9.17) is 16.3 Å². The van der Waals surface area contributed by atoms with E-state index in [-0.39, 0.29) is 24.0 Å². The van der Waals surface area contributed by atoms with Crippen LogP contribution in [0.25, 0.3) is 0 Å². The van der Waals surface area contributed by atoms with E-state index < -0.39 is 4.92 Å². The van der Waals surface area contributed by atoms with Gasteiger partial charge in [0.15, 0.2) is 0 Å². The summed E-state index contributed by atoms with van der Waals surface area (Å²) in [6.07, 6.45) is 0.0781. The number of halogens is 1. The van der Waals surface area contributed by atoms with Gasteiger partial charge >= 0.3 is 5.97 Å². The van der Waals surface area contributed by atoms with Crippen molar-refractivity contribution in [2.45, 2.75) is 26.1 Å². The second-order valence-corrected chi connectivity index (χ2v) is 4.05. The van der Waals surface area contributed by atoms with Gasteiger partial charge in [0.2, 0.25) is 0 Å². The molecule has 0 saturated carbocycles. The summed E-state index contributed by atoms with van der Waals surface area (Å²) in [5, 5.41) is 10.8. The molecule has 0 unspecified atom stereocenters. The molecule has 0 atom stereocenters. The Bertz CT molecular complexity index is 473. The molecule has 0 N–H and O–H groups in total. The summed E-state index contributed by atoms with van der Waals surface area (Å²) >= 11 is 5.75. The first kappa shape index (κ1) is 14.4. The second kappa shape index (κ2) is 6.35. The Kier molecular flexibility index (Phi) is 5.09. The molecule has 0 aromatic heterocycles. The van der Waals surface area contributed by atoms with Crippen LogP contribution < -0.4 is 0 Å². The molecule has 0 fully saturated rings. The number of carbonyl (C=O) groups excluding carboxylic acids is 1. The third-order valence-corrected chi connectivity index (χ3v) is 2.79. The number of benzene rings is 1. The normalized spacial score (nSPS) is 10.2.